The summed E-state index contributed by atoms with van der Waals surface area (Å²) in [5, 5.41) is 0. The highest BCUT2D eigenvalue weighted by atomic mass is 127. The average Bonchev–Trinajstić information content (AvgIpc) is 2.85. The van der Waals surface area contributed by atoms with Crippen LogP contribution < -0.4 is 16.0 Å². The summed E-state index contributed by atoms with van der Waals surface area (Å²) in [6.07, 6.45) is 0.958. The topological polar surface area (TPSA) is 73.6 Å². The molecule has 0 saturated carbocycles. The van der Waals surface area contributed by atoms with Crippen molar-refractivity contribution in [2.24, 2.45) is 5.84 Å². The van der Waals surface area contributed by atoms with E-state index < -0.39 is 6.10 Å². The second-order valence-electron chi connectivity index (χ2n) is 4.34. The van der Waals surface area contributed by atoms with Gasteiger partial charge in [0.15, 0.2) is 0 Å². The van der Waals surface area contributed by atoms with Crippen molar-refractivity contribution in [3.8, 4) is 5.75 Å². The van der Waals surface area contributed by atoms with Gasteiger partial charge < -0.3 is 9.47 Å². The van der Waals surface area contributed by atoms with Crippen LogP contribution in [0.3, 0.4) is 0 Å². The molecule has 1 aromatic carbocycles. The average molecular weight is 614 g/mol. The molecule has 110 valence electrons. The second-order valence-corrected chi connectivity index (χ2v) is 7.91. The number of nitrogens with two attached hydrogens (primary N) is 1. The van der Waals surface area contributed by atoms with Gasteiger partial charge in [-0.05, 0) is 92.7 Å². The van der Waals surface area contributed by atoms with Gasteiger partial charge in [-0.2, -0.15) is 0 Å². The van der Waals surface area contributed by atoms with Gasteiger partial charge in [0.1, 0.15) is 18.5 Å². The van der Waals surface area contributed by atoms with Gasteiger partial charge >= 0.3 is 0 Å². The molecule has 0 spiro atoms. The molecule has 1 amide bonds. The van der Waals surface area contributed by atoms with E-state index in [4.69, 9.17) is 15.3 Å². The minimum atomic E-state index is -0.455. The Labute approximate surface area is 158 Å². The van der Waals surface area contributed by atoms with Crippen LogP contribution in [0, 0.1) is 10.7 Å². The van der Waals surface area contributed by atoms with E-state index >= 15 is 0 Å². The third-order valence-corrected chi connectivity index (χ3v) is 5.14. The van der Waals surface area contributed by atoms with Gasteiger partial charge in [0, 0.05) is 3.57 Å². The third kappa shape index (κ3) is 4.30. The molecule has 1 aromatic rings. The Kier molecular flexibility index (Phi) is 6.56. The number of rotatable bonds is 4. The van der Waals surface area contributed by atoms with Gasteiger partial charge in [0.25, 0.3) is 5.91 Å². The summed E-state index contributed by atoms with van der Waals surface area (Å²) in [4.78, 5) is 11.4. The first-order valence-corrected chi connectivity index (χ1v) is 9.18. The molecule has 2 atom stereocenters. The van der Waals surface area contributed by atoms with Gasteiger partial charge in [-0.15, -0.1) is 0 Å². The van der Waals surface area contributed by atoms with Crippen molar-refractivity contribution in [1.82, 2.24) is 5.43 Å². The van der Waals surface area contributed by atoms with Gasteiger partial charge in [-0.3, -0.25) is 10.2 Å². The maximum Gasteiger partial charge on any atom is 0.263 e. The van der Waals surface area contributed by atoms with E-state index in [1.807, 2.05) is 0 Å². The number of halogens is 3. The highest BCUT2D eigenvalue weighted by molar-refractivity contribution is 14.1. The number of carbonyl (C=O) groups excluding carboxylic acids is 1. The molecule has 1 aliphatic rings. The Morgan fingerprint density at radius 2 is 2.00 bits per heavy atom. The van der Waals surface area contributed by atoms with Crippen LogP contribution in [0.1, 0.15) is 12.8 Å². The predicted molar refractivity (Wildman–Crippen MR) is 100 cm³/mol. The molecule has 2 rings (SSSR count). The van der Waals surface area contributed by atoms with Crippen molar-refractivity contribution >= 4 is 73.7 Å². The molecule has 1 fully saturated rings. The Morgan fingerprint density at radius 1 is 1.35 bits per heavy atom. The summed E-state index contributed by atoms with van der Waals surface area (Å²) in [5.41, 5.74) is 2.12. The molecule has 1 aliphatic heterocycles. The van der Waals surface area contributed by atoms with Crippen LogP contribution in [0.4, 0.5) is 0 Å². The van der Waals surface area contributed by atoms with Crippen LogP contribution in [0.5, 0.6) is 5.75 Å². The minimum absolute atomic E-state index is 0.0665. The third-order valence-electron chi connectivity index (χ3n) is 2.92. The number of benzene rings is 1. The zero-order valence-corrected chi connectivity index (χ0v) is 16.8. The molecule has 1 saturated heterocycles. The normalized spacial score (nSPS) is 21.8. The van der Waals surface area contributed by atoms with E-state index in [0.717, 1.165) is 19.3 Å². The molecular weight excluding hydrogens is 601 g/mol. The smallest absolute Gasteiger partial charge is 0.263 e. The van der Waals surface area contributed by atoms with Crippen LogP contribution in [-0.2, 0) is 9.53 Å². The number of nitrogens with one attached hydrogen (secondary N) is 1. The summed E-state index contributed by atoms with van der Waals surface area (Å²) in [6.45, 7) is 0.445. The van der Waals surface area contributed by atoms with Crippen LogP contribution in [0.2, 0.25) is 0 Å². The Balaban J connectivity index is 1.92. The Bertz CT molecular complexity index is 490. The number of hydrogen-bond donors (Lipinski definition) is 2. The number of hydrazine groups is 1. The van der Waals surface area contributed by atoms with E-state index in [-0.39, 0.29) is 12.0 Å². The van der Waals surface area contributed by atoms with E-state index in [9.17, 15) is 4.79 Å². The van der Waals surface area contributed by atoms with Gasteiger partial charge in [0.05, 0.1) is 13.2 Å². The molecule has 0 radical (unpaired) electrons. The highest BCUT2D eigenvalue weighted by Crippen LogP contribution is 2.30. The molecule has 3 N–H and O–H groups in total. The molecule has 0 bridgehead atoms. The fourth-order valence-corrected chi connectivity index (χ4v) is 5.85. The molecule has 8 heteroatoms. The van der Waals surface area contributed by atoms with Crippen molar-refractivity contribution < 1.29 is 14.3 Å². The molecular formula is C12H13I3N2O3. The SMILES string of the molecule is NNC(=O)C1CCC(COc2c(I)cc(I)cc2I)O1. The molecule has 1 heterocycles. The quantitative estimate of drug-likeness (QED) is 0.237. The van der Waals surface area contributed by atoms with E-state index in [1.54, 1.807) is 0 Å². The summed E-state index contributed by atoms with van der Waals surface area (Å²) >= 11 is 6.81. The van der Waals surface area contributed by atoms with Crippen LogP contribution in [0.25, 0.3) is 0 Å². The first-order chi connectivity index (χ1) is 9.51. The fourth-order valence-electron chi connectivity index (χ4n) is 1.96. The molecule has 0 aromatic heterocycles. The fraction of sp³-hybridized carbons (Fsp3) is 0.417. The monoisotopic (exact) mass is 614 g/mol. The number of carbonyl (C=O) groups is 1. The Morgan fingerprint density at radius 3 is 2.60 bits per heavy atom. The van der Waals surface area contributed by atoms with E-state index in [1.165, 1.54) is 3.57 Å². The lowest BCUT2D eigenvalue weighted by Gasteiger charge is -2.15. The van der Waals surface area contributed by atoms with E-state index in [0.29, 0.717) is 13.0 Å². The Hall–Kier alpha value is 0.600. The molecule has 0 aliphatic carbocycles. The summed E-state index contributed by atoms with van der Waals surface area (Å²) in [7, 11) is 0. The van der Waals surface area contributed by atoms with Crippen molar-refractivity contribution in [2.45, 2.75) is 25.0 Å². The largest absolute Gasteiger partial charge is 0.489 e. The number of ether oxygens (including phenoxy) is 2. The van der Waals surface area contributed by atoms with Crippen molar-refractivity contribution in [1.29, 1.82) is 0 Å². The van der Waals surface area contributed by atoms with Gasteiger partial charge in [-0.25, -0.2) is 5.84 Å². The lowest BCUT2D eigenvalue weighted by Crippen LogP contribution is -2.39. The zero-order valence-electron chi connectivity index (χ0n) is 10.4. The zero-order chi connectivity index (χ0) is 14.7. The standard InChI is InChI=1S/C12H13I3N2O3/c13-6-3-8(14)11(9(15)4-6)19-5-7-1-2-10(20-7)12(18)17-16/h3-4,7,10H,1-2,5,16H2,(H,17,18). The van der Waals surface area contributed by atoms with Crippen molar-refractivity contribution in [2.75, 3.05) is 6.61 Å². The first-order valence-electron chi connectivity index (χ1n) is 5.94. The maximum atomic E-state index is 11.4. The van der Waals surface area contributed by atoms with Crippen LogP contribution in [-0.4, -0.2) is 24.7 Å². The predicted octanol–water partition coefficient (Wildman–Crippen LogP) is 2.42. The van der Waals surface area contributed by atoms with Crippen molar-refractivity contribution in [3.05, 3.63) is 22.8 Å². The van der Waals surface area contributed by atoms with E-state index in [2.05, 4.69) is 85.3 Å². The summed E-state index contributed by atoms with van der Waals surface area (Å²) < 4.78 is 14.8. The van der Waals surface area contributed by atoms with Crippen molar-refractivity contribution in [3.63, 3.8) is 0 Å². The number of hydrogen-bond acceptors (Lipinski definition) is 4. The maximum absolute atomic E-state index is 11.4. The molecule has 20 heavy (non-hydrogen) atoms. The highest BCUT2D eigenvalue weighted by Gasteiger charge is 2.30. The lowest BCUT2D eigenvalue weighted by molar-refractivity contribution is -0.132. The molecule has 2 unspecified atom stereocenters. The minimum Gasteiger partial charge on any atom is -0.489 e. The summed E-state index contributed by atoms with van der Waals surface area (Å²) in [5.74, 6) is 5.71. The van der Waals surface area contributed by atoms with Gasteiger partial charge in [0.2, 0.25) is 0 Å². The van der Waals surface area contributed by atoms with Gasteiger partial charge in [-0.1, -0.05) is 0 Å². The number of amides is 1. The molecule has 5 nitrogen and oxygen atoms in total. The van der Waals surface area contributed by atoms with Crippen LogP contribution >= 0.6 is 67.8 Å². The van der Waals surface area contributed by atoms with Crippen LogP contribution in [0.15, 0.2) is 12.1 Å². The first kappa shape index (κ1) is 17.0. The lowest BCUT2D eigenvalue weighted by atomic mass is 10.2. The second kappa shape index (κ2) is 7.74. The summed E-state index contributed by atoms with van der Waals surface area (Å²) in [6, 6.07) is 4.14.